The molecule has 0 radical (unpaired) electrons. The van der Waals surface area contributed by atoms with Crippen LogP contribution >= 0.6 is 11.3 Å². The highest BCUT2D eigenvalue weighted by molar-refractivity contribution is 7.13. The Kier molecular flexibility index (Phi) is 6.80. The molecule has 5 nitrogen and oxygen atoms in total. The predicted molar refractivity (Wildman–Crippen MR) is 109 cm³/mol. The number of rotatable bonds is 6. The third-order valence-corrected chi connectivity index (χ3v) is 6.09. The van der Waals surface area contributed by atoms with E-state index in [1.807, 2.05) is 30.9 Å². The molecule has 1 atom stereocenters. The Balaban J connectivity index is 1.42. The molecule has 3 rings (SSSR count). The molecule has 1 saturated heterocycles. The molecule has 1 aromatic heterocycles. The smallest absolute Gasteiger partial charge is 0.264 e. The molecular weight excluding hydrogens is 377 g/mol. The van der Waals surface area contributed by atoms with Crippen molar-refractivity contribution in [2.45, 2.75) is 26.3 Å². The Labute approximate surface area is 169 Å². The summed E-state index contributed by atoms with van der Waals surface area (Å²) < 4.78 is 12.9. The minimum Gasteiger partial charge on any atom is -0.354 e. The average Bonchev–Trinajstić information content (AvgIpc) is 3.14. The largest absolute Gasteiger partial charge is 0.354 e. The highest BCUT2D eigenvalue weighted by atomic mass is 32.1. The number of hydrogen-bond acceptors (Lipinski definition) is 4. The van der Waals surface area contributed by atoms with Crippen LogP contribution in [0.15, 0.2) is 36.4 Å². The number of carbonyl (C=O) groups is 2. The second kappa shape index (κ2) is 9.30. The molecule has 2 amide bonds. The van der Waals surface area contributed by atoms with Crippen molar-refractivity contribution in [1.82, 2.24) is 15.1 Å². The quantitative estimate of drug-likeness (QED) is 0.807. The monoisotopic (exact) mass is 403 g/mol. The summed E-state index contributed by atoms with van der Waals surface area (Å²) in [5, 5.41) is 2.95. The van der Waals surface area contributed by atoms with E-state index >= 15 is 0 Å². The van der Waals surface area contributed by atoms with Crippen LogP contribution in [0.3, 0.4) is 0 Å². The van der Waals surface area contributed by atoms with Crippen molar-refractivity contribution in [3.8, 4) is 0 Å². The van der Waals surface area contributed by atoms with Gasteiger partial charge in [0.25, 0.3) is 5.91 Å². The molecule has 150 valence electrons. The first kappa shape index (κ1) is 20.5. The van der Waals surface area contributed by atoms with Crippen molar-refractivity contribution in [2.24, 2.45) is 0 Å². The number of aryl methyl sites for hydroxylation is 1. The van der Waals surface area contributed by atoms with Crippen LogP contribution in [0.1, 0.15) is 27.0 Å². The molecule has 7 heteroatoms. The number of nitrogens with zero attached hydrogens (tertiary/aromatic N) is 2. The van der Waals surface area contributed by atoms with Gasteiger partial charge in [-0.25, -0.2) is 4.39 Å². The van der Waals surface area contributed by atoms with Crippen molar-refractivity contribution in [2.75, 3.05) is 32.7 Å². The normalized spacial score (nSPS) is 16.0. The predicted octanol–water partition coefficient (Wildman–Crippen LogP) is 2.70. The van der Waals surface area contributed by atoms with E-state index in [0.29, 0.717) is 39.1 Å². The van der Waals surface area contributed by atoms with Gasteiger partial charge in [0.05, 0.1) is 10.9 Å². The number of halogens is 1. The standard InChI is InChI=1S/C21H26FN3O2S/c1-15-3-8-19(28-15)21(27)25-13-11-24(12-14-25)16(2)20(26)23-10-9-17-4-6-18(22)7-5-17/h3-8,16H,9-14H2,1-2H3,(H,23,26). The molecule has 0 aliphatic carbocycles. The zero-order chi connectivity index (χ0) is 20.1. The lowest BCUT2D eigenvalue weighted by Gasteiger charge is -2.37. The van der Waals surface area contributed by atoms with E-state index in [9.17, 15) is 14.0 Å². The van der Waals surface area contributed by atoms with Crippen LogP contribution in [0.5, 0.6) is 0 Å². The van der Waals surface area contributed by atoms with Crippen molar-refractivity contribution in [3.63, 3.8) is 0 Å². The summed E-state index contributed by atoms with van der Waals surface area (Å²) in [4.78, 5) is 30.8. The molecule has 1 aromatic carbocycles. The number of carbonyl (C=O) groups excluding carboxylic acids is 2. The summed E-state index contributed by atoms with van der Waals surface area (Å²) in [6.45, 7) is 7.03. The van der Waals surface area contributed by atoms with Gasteiger partial charge >= 0.3 is 0 Å². The summed E-state index contributed by atoms with van der Waals surface area (Å²) in [7, 11) is 0. The van der Waals surface area contributed by atoms with Gasteiger partial charge in [-0.15, -0.1) is 11.3 Å². The van der Waals surface area contributed by atoms with Gasteiger partial charge in [0.2, 0.25) is 5.91 Å². The van der Waals surface area contributed by atoms with E-state index in [-0.39, 0.29) is 23.7 Å². The number of thiophene rings is 1. The number of benzene rings is 1. The van der Waals surface area contributed by atoms with E-state index in [1.54, 1.807) is 12.1 Å². The lowest BCUT2D eigenvalue weighted by atomic mass is 10.1. The third kappa shape index (κ3) is 5.17. The van der Waals surface area contributed by atoms with Crippen LogP contribution in [0.2, 0.25) is 0 Å². The van der Waals surface area contributed by atoms with Gasteiger partial charge in [0.15, 0.2) is 0 Å². The summed E-state index contributed by atoms with van der Waals surface area (Å²) >= 11 is 1.52. The summed E-state index contributed by atoms with van der Waals surface area (Å²) in [5.74, 6) is -0.196. The fraction of sp³-hybridized carbons (Fsp3) is 0.429. The van der Waals surface area contributed by atoms with Crippen LogP contribution in [-0.2, 0) is 11.2 Å². The molecule has 28 heavy (non-hydrogen) atoms. The summed E-state index contributed by atoms with van der Waals surface area (Å²) in [6, 6.07) is 9.93. The highest BCUT2D eigenvalue weighted by Gasteiger charge is 2.28. The van der Waals surface area contributed by atoms with E-state index in [0.717, 1.165) is 15.3 Å². The van der Waals surface area contributed by atoms with E-state index < -0.39 is 0 Å². The lowest BCUT2D eigenvalue weighted by Crippen LogP contribution is -2.55. The van der Waals surface area contributed by atoms with Gasteiger partial charge < -0.3 is 10.2 Å². The van der Waals surface area contributed by atoms with Gasteiger partial charge in [0, 0.05) is 37.6 Å². The van der Waals surface area contributed by atoms with Gasteiger partial charge in [0.1, 0.15) is 5.82 Å². The maximum Gasteiger partial charge on any atom is 0.264 e. The van der Waals surface area contributed by atoms with Crippen LogP contribution in [-0.4, -0.2) is 60.4 Å². The maximum atomic E-state index is 12.9. The molecule has 1 fully saturated rings. The van der Waals surface area contributed by atoms with Gasteiger partial charge in [-0.1, -0.05) is 12.1 Å². The Bertz CT molecular complexity index is 813. The molecule has 1 aliphatic rings. The highest BCUT2D eigenvalue weighted by Crippen LogP contribution is 2.18. The van der Waals surface area contributed by atoms with Crippen molar-refractivity contribution < 1.29 is 14.0 Å². The number of nitrogens with one attached hydrogen (secondary N) is 1. The number of piperazine rings is 1. The van der Waals surface area contributed by atoms with Gasteiger partial charge in [-0.05, 0) is 50.1 Å². The van der Waals surface area contributed by atoms with E-state index in [4.69, 9.17) is 0 Å². The Morgan fingerprint density at radius 1 is 1.11 bits per heavy atom. The number of hydrogen-bond donors (Lipinski definition) is 1. The average molecular weight is 404 g/mol. The zero-order valence-electron chi connectivity index (χ0n) is 16.3. The Morgan fingerprint density at radius 3 is 2.39 bits per heavy atom. The zero-order valence-corrected chi connectivity index (χ0v) is 17.1. The lowest BCUT2D eigenvalue weighted by molar-refractivity contribution is -0.126. The van der Waals surface area contributed by atoms with Gasteiger partial charge in [-0.2, -0.15) is 0 Å². The van der Waals surface area contributed by atoms with Crippen molar-refractivity contribution >= 4 is 23.2 Å². The molecule has 1 unspecified atom stereocenters. The van der Waals surface area contributed by atoms with Crippen LogP contribution in [0.25, 0.3) is 0 Å². The SMILES string of the molecule is Cc1ccc(C(=O)N2CCN(C(C)C(=O)NCCc3ccc(F)cc3)CC2)s1. The van der Waals surface area contributed by atoms with Crippen molar-refractivity contribution in [3.05, 3.63) is 57.5 Å². The fourth-order valence-electron chi connectivity index (χ4n) is 3.31. The van der Waals surface area contributed by atoms with Gasteiger partial charge in [-0.3, -0.25) is 14.5 Å². The first-order valence-electron chi connectivity index (χ1n) is 9.56. The molecular formula is C21H26FN3O2S. The number of amides is 2. The fourth-order valence-corrected chi connectivity index (χ4v) is 4.15. The third-order valence-electron chi connectivity index (χ3n) is 5.11. The minimum absolute atomic E-state index is 0.0178. The van der Waals surface area contributed by atoms with E-state index in [2.05, 4.69) is 10.2 Å². The molecule has 2 heterocycles. The van der Waals surface area contributed by atoms with Crippen LogP contribution < -0.4 is 5.32 Å². The molecule has 1 N–H and O–H groups in total. The second-order valence-electron chi connectivity index (χ2n) is 7.08. The Hall–Kier alpha value is -2.25. The molecule has 0 saturated carbocycles. The van der Waals surface area contributed by atoms with Crippen LogP contribution in [0, 0.1) is 12.7 Å². The molecule has 0 bridgehead atoms. The summed E-state index contributed by atoms with van der Waals surface area (Å²) in [6.07, 6.45) is 0.668. The first-order valence-corrected chi connectivity index (χ1v) is 10.4. The summed E-state index contributed by atoms with van der Waals surface area (Å²) in [5.41, 5.74) is 0.991. The maximum absolute atomic E-state index is 12.9. The van der Waals surface area contributed by atoms with Crippen molar-refractivity contribution in [1.29, 1.82) is 0 Å². The minimum atomic E-state index is -0.256. The second-order valence-corrected chi connectivity index (χ2v) is 8.37. The molecule has 1 aliphatic heterocycles. The van der Waals surface area contributed by atoms with Crippen LogP contribution in [0.4, 0.5) is 4.39 Å². The van der Waals surface area contributed by atoms with E-state index in [1.165, 1.54) is 23.5 Å². The molecule has 2 aromatic rings. The topological polar surface area (TPSA) is 52.7 Å². The first-order chi connectivity index (χ1) is 13.4. The molecule has 0 spiro atoms. The Morgan fingerprint density at radius 2 is 1.79 bits per heavy atom.